The van der Waals surface area contributed by atoms with Crippen LogP contribution in [0.5, 0.6) is 0 Å². The van der Waals surface area contributed by atoms with Crippen LogP contribution in [-0.2, 0) is 19.1 Å². The molecule has 27 heavy (non-hydrogen) atoms. The summed E-state index contributed by atoms with van der Waals surface area (Å²) >= 11 is 0. The molecule has 0 aromatic carbocycles. The van der Waals surface area contributed by atoms with Gasteiger partial charge in [-0.05, 0) is 38.0 Å². The van der Waals surface area contributed by atoms with Crippen molar-refractivity contribution in [3.63, 3.8) is 0 Å². The summed E-state index contributed by atoms with van der Waals surface area (Å²) in [6, 6.07) is 0. The number of hydrazine groups is 1. The van der Waals surface area contributed by atoms with E-state index in [-0.39, 0.29) is 12.5 Å². The summed E-state index contributed by atoms with van der Waals surface area (Å²) in [6.07, 6.45) is 4.84. The molecule has 1 aliphatic rings. The topological polar surface area (TPSA) is 181 Å². The number of nitrogens with two attached hydrogens (primary N) is 1. The number of nitrogens with one attached hydrogen (secondary N) is 3. The van der Waals surface area contributed by atoms with Crippen molar-refractivity contribution in [2.45, 2.75) is 32.1 Å². The number of primary amides is 1. The summed E-state index contributed by atoms with van der Waals surface area (Å²) in [7, 11) is 0. The first-order valence-electron chi connectivity index (χ1n) is 8.61. The Morgan fingerprint density at radius 1 is 1.33 bits per heavy atom. The second-order valence-corrected chi connectivity index (χ2v) is 6.07. The molecule has 0 bridgehead atoms. The number of carbonyl (C=O) groups is 3. The zero-order chi connectivity index (χ0) is 20.2. The Kier molecular flexibility index (Phi) is 9.54. The van der Waals surface area contributed by atoms with Crippen molar-refractivity contribution < 1.29 is 24.2 Å². The number of nitrogens with zero attached hydrogens (tertiary/aromatic N) is 2. The highest BCUT2D eigenvalue weighted by Crippen LogP contribution is 2.21. The van der Waals surface area contributed by atoms with Gasteiger partial charge in [-0.1, -0.05) is 5.43 Å². The summed E-state index contributed by atoms with van der Waals surface area (Å²) in [4.78, 5) is 45.5. The van der Waals surface area contributed by atoms with Crippen LogP contribution >= 0.6 is 0 Å². The number of amides is 2. The maximum atomic E-state index is 12.1. The minimum absolute atomic E-state index is 0.0629. The van der Waals surface area contributed by atoms with Gasteiger partial charge in [-0.2, -0.15) is 0 Å². The van der Waals surface area contributed by atoms with Crippen LogP contribution in [0.2, 0.25) is 0 Å². The molecule has 0 spiro atoms. The van der Waals surface area contributed by atoms with E-state index in [1.165, 1.54) is 0 Å². The van der Waals surface area contributed by atoms with Crippen LogP contribution < -0.4 is 16.5 Å². The second kappa shape index (κ2) is 11.6. The number of esters is 1. The number of unbranched alkanes of at least 4 members (excludes halogenated alkanes) is 1. The number of hydrogen-bond acceptors (Lipinski definition) is 7. The highest BCUT2D eigenvalue weighted by molar-refractivity contribution is 6.31. The third kappa shape index (κ3) is 9.37. The third-order valence-electron chi connectivity index (χ3n) is 4.09. The molecule has 0 atom stereocenters. The lowest BCUT2D eigenvalue weighted by atomic mass is 9.93. The quantitative estimate of drug-likeness (QED) is 0.0736. The van der Waals surface area contributed by atoms with Crippen molar-refractivity contribution in [3.05, 3.63) is 16.5 Å². The number of hydrogen-bond donors (Lipinski definition) is 4. The van der Waals surface area contributed by atoms with E-state index in [4.69, 9.17) is 15.9 Å². The van der Waals surface area contributed by atoms with Crippen molar-refractivity contribution in [3.8, 4) is 0 Å². The smallest absolute Gasteiger partial charge is 0.396 e. The monoisotopic (exact) mass is 385 g/mol. The van der Waals surface area contributed by atoms with Gasteiger partial charge in [0.15, 0.2) is 5.03 Å². The molecule has 2 amide bonds. The van der Waals surface area contributed by atoms with Gasteiger partial charge in [0.2, 0.25) is 5.91 Å². The van der Waals surface area contributed by atoms with E-state index >= 15 is 0 Å². The SMILES string of the molecule is N=C(NCCC[CH]C(=O)N1CCC(CCOC(=O)C(N)=O)CC1)N[N+](=O)[O-]. The molecule has 151 valence electrons. The Morgan fingerprint density at radius 2 is 2.00 bits per heavy atom. The van der Waals surface area contributed by atoms with Crippen LogP contribution in [-0.4, -0.2) is 59.9 Å². The number of likely N-dealkylation sites (tertiary alicyclic amines) is 1. The summed E-state index contributed by atoms with van der Waals surface area (Å²) < 4.78 is 4.73. The number of piperidine rings is 1. The maximum absolute atomic E-state index is 12.1. The van der Waals surface area contributed by atoms with Crippen molar-refractivity contribution in [2.75, 3.05) is 26.2 Å². The van der Waals surface area contributed by atoms with Crippen LogP contribution in [0.1, 0.15) is 32.1 Å². The van der Waals surface area contributed by atoms with Gasteiger partial charge in [-0.25, -0.2) is 14.9 Å². The molecule has 0 saturated carbocycles. The van der Waals surface area contributed by atoms with Gasteiger partial charge in [0.1, 0.15) is 0 Å². The molecular weight excluding hydrogens is 360 g/mol. The van der Waals surface area contributed by atoms with Gasteiger partial charge in [0, 0.05) is 26.1 Å². The Morgan fingerprint density at radius 3 is 2.59 bits per heavy atom. The molecule has 0 aliphatic carbocycles. The van der Waals surface area contributed by atoms with E-state index in [0.717, 1.165) is 12.8 Å². The zero-order valence-corrected chi connectivity index (χ0v) is 14.9. The summed E-state index contributed by atoms with van der Waals surface area (Å²) in [5.74, 6) is -2.27. The highest BCUT2D eigenvalue weighted by Gasteiger charge is 2.23. The zero-order valence-electron chi connectivity index (χ0n) is 14.9. The van der Waals surface area contributed by atoms with E-state index in [1.54, 1.807) is 16.7 Å². The number of nitro groups is 1. The fourth-order valence-corrected chi connectivity index (χ4v) is 2.63. The number of carbonyl (C=O) groups excluding carboxylic acids is 3. The van der Waals surface area contributed by atoms with Crippen LogP contribution in [0.3, 0.4) is 0 Å². The fourth-order valence-electron chi connectivity index (χ4n) is 2.63. The van der Waals surface area contributed by atoms with Gasteiger partial charge in [0.05, 0.1) is 6.61 Å². The Bertz CT molecular complexity index is 561. The van der Waals surface area contributed by atoms with E-state index in [0.29, 0.717) is 44.8 Å². The maximum Gasteiger partial charge on any atom is 0.396 e. The normalized spacial score (nSPS) is 14.3. The lowest BCUT2D eigenvalue weighted by Crippen LogP contribution is -2.40. The first-order valence-corrected chi connectivity index (χ1v) is 8.61. The van der Waals surface area contributed by atoms with Gasteiger partial charge in [0.25, 0.3) is 5.96 Å². The average Bonchev–Trinajstić information content (AvgIpc) is 2.61. The van der Waals surface area contributed by atoms with Gasteiger partial charge in [-0.3, -0.25) is 15.0 Å². The summed E-state index contributed by atoms with van der Waals surface area (Å²) in [5, 5.41) is 19.0. The van der Waals surface area contributed by atoms with E-state index < -0.39 is 22.9 Å². The molecule has 1 saturated heterocycles. The van der Waals surface area contributed by atoms with E-state index in [2.05, 4.69) is 5.32 Å². The molecule has 0 aromatic rings. The molecule has 0 unspecified atom stereocenters. The van der Waals surface area contributed by atoms with Crippen molar-refractivity contribution in [1.82, 2.24) is 15.6 Å². The van der Waals surface area contributed by atoms with Gasteiger partial charge in [-0.15, -0.1) is 0 Å². The minimum atomic E-state index is -1.10. The van der Waals surface area contributed by atoms with Crippen molar-refractivity contribution in [1.29, 1.82) is 5.41 Å². The predicted molar refractivity (Wildman–Crippen MR) is 93.5 cm³/mol. The number of guanidine groups is 1. The Labute approximate surface area is 156 Å². The molecule has 5 N–H and O–H groups in total. The molecule has 12 nitrogen and oxygen atoms in total. The molecule has 1 fully saturated rings. The molecular formula is C15H25N6O6. The second-order valence-electron chi connectivity index (χ2n) is 6.07. The molecule has 1 rings (SSSR count). The average molecular weight is 385 g/mol. The van der Waals surface area contributed by atoms with Crippen LogP contribution in [0.4, 0.5) is 0 Å². The van der Waals surface area contributed by atoms with E-state index in [9.17, 15) is 24.5 Å². The van der Waals surface area contributed by atoms with Crippen LogP contribution in [0, 0.1) is 27.9 Å². The predicted octanol–water partition coefficient (Wildman–Crippen LogP) is -1.07. The largest absolute Gasteiger partial charge is 0.459 e. The highest BCUT2D eigenvalue weighted by atomic mass is 16.7. The molecule has 1 radical (unpaired) electrons. The van der Waals surface area contributed by atoms with Crippen LogP contribution in [0.25, 0.3) is 0 Å². The van der Waals surface area contributed by atoms with Crippen LogP contribution in [0.15, 0.2) is 0 Å². The molecule has 0 aromatic heterocycles. The van der Waals surface area contributed by atoms with Crippen molar-refractivity contribution in [2.24, 2.45) is 11.7 Å². The summed E-state index contributed by atoms with van der Waals surface area (Å²) in [6.45, 7) is 1.70. The first kappa shape index (κ1) is 22.1. The lowest BCUT2D eigenvalue weighted by Gasteiger charge is -2.32. The summed E-state index contributed by atoms with van der Waals surface area (Å²) in [5.41, 5.74) is 6.48. The Balaban J connectivity index is 2.10. The lowest BCUT2D eigenvalue weighted by molar-refractivity contribution is -0.525. The first-order chi connectivity index (χ1) is 12.8. The number of rotatable bonds is 9. The van der Waals surface area contributed by atoms with E-state index in [1.807, 2.05) is 0 Å². The Hall–Kier alpha value is -2.92. The number of ether oxygens (including phenoxy) is 1. The third-order valence-corrected chi connectivity index (χ3v) is 4.09. The molecule has 12 heteroatoms. The van der Waals surface area contributed by atoms with Crippen molar-refractivity contribution >= 4 is 23.7 Å². The molecule has 1 aliphatic heterocycles. The minimum Gasteiger partial charge on any atom is -0.459 e. The fraction of sp³-hybridized carbons (Fsp3) is 0.667. The standard InChI is InChI=1S/C15H25N6O6/c16-13(23)14(24)27-10-6-11-4-8-20(9-5-11)12(22)3-1-2-7-18-15(17)19-21(25)26/h3,11H,1-2,4-10H2,(H2,16,23)(H3,17,18,19). The van der Waals surface area contributed by atoms with Gasteiger partial charge < -0.3 is 20.7 Å². The molecule has 1 heterocycles. The van der Waals surface area contributed by atoms with Gasteiger partial charge >= 0.3 is 11.9 Å².